The van der Waals surface area contributed by atoms with Crippen molar-refractivity contribution in [2.75, 3.05) is 18.7 Å². The minimum Gasteiger partial charge on any atom is -0.491 e. The van der Waals surface area contributed by atoms with Crippen LogP contribution in [-0.4, -0.2) is 73.0 Å². The van der Waals surface area contributed by atoms with Gasteiger partial charge in [-0.15, -0.1) is 23.2 Å². The largest absolute Gasteiger partial charge is 0.491 e. The maximum absolute atomic E-state index is 14.1. The molecule has 3 aliphatic carbocycles. The van der Waals surface area contributed by atoms with Crippen LogP contribution in [0.2, 0.25) is 0 Å². The number of imide groups is 2. The normalized spacial score (nSPS) is 36.0. The van der Waals surface area contributed by atoms with Gasteiger partial charge in [-0.2, -0.15) is 0 Å². The monoisotopic (exact) mass is 652 g/mol. The summed E-state index contributed by atoms with van der Waals surface area (Å²) in [5.41, 5.74) is 1.20. The molecule has 1 N–H and O–H groups in total. The summed E-state index contributed by atoms with van der Waals surface area (Å²) in [6.45, 7) is -0.204. The van der Waals surface area contributed by atoms with Crippen LogP contribution >= 0.6 is 39.1 Å². The average molecular weight is 654 g/mol. The van der Waals surface area contributed by atoms with Crippen molar-refractivity contribution in [3.8, 4) is 5.75 Å². The minimum absolute atomic E-state index is 0.0158. The number of likely N-dealkylation sites (tertiary alicyclic amines) is 2. The maximum atomic E-state index is 14.1. The molecule has 6 atom stereocenters. The van der Waals surface area contributed by atoms with Crippen LogP contribution in [0.4, 0.5) is 0 Å². The van der Waals surface area contributed by atoms with Gasteiger partial charge in [-0.1, -0.05) is 65.0 Å². The summed E-state index contributed by atoms with van der Waals surface area (Å²) in [7, 11) is 0. The van der Waals surface area contributed by atoms with E-state index in [4.69, 9.17) is 27.9 Å². The van der Waals surface area contributed by atoms with Crippen molar-refractivity contribution in [3.05, 3.63) is 41.5 Å². The number of aliphatic hydroxyl groups excluding tert-OH is 1. The van der Waals surface area contributed by atoms with Crippen molar-refractivity contribution in [2.24, 2.45) is 17.8 Å². The van der Waals surface area contributed by atoms with E-state index >= 15 is 0 Å². The van der Waals surface area contributed by atoms with Gasteiger partial charge in [0.15, 0.2) is 9.75 Å². The van der Waals surface area contributed by atoms with E-state index in [2.05, 4.69) is 15.9 Å². The molecule has 0 spiro atoms. The van der Waals surface area contributed by atoms with Gasteiger partial charge < -0.3 is 9.84 Å². The van der Waals surface area contributed by atoms with Gasteiger partial charge >= 0.3 is 0 Å². The van der Waals surface area contributed by atoms with Crippen LogP contribution in [-0.2, 0) is 19.2 Å². The lowest BCUT2D eigenvalue weighted by Gasteiger charge is -2.51. The van der Waals surface area contributed by atoms with Gasteiger partial charge in [0.05, 0.1) is 23.9 Å². The molecule has 5 aliphatic rings. The Hall–Kier alpha value is -1.94. The molecule has 0 radical (unpaired) electrons. The lowest BCUT2D eigenvalue weighted by Crippen LogP contribution is -2.60. The Morgan fingerprint density at radius 1 is 1.00 bits per heavy atom. The third-order valence-electron chi connectivity index (χ3n) is 9.57. The highest BCUT2D eigenvalue weighted by Gasteiger charge is 2.76. The first-order valence-corrected chi connectivity index (χ1v) is 15.8. The first kappa shape index (κ1) is 28.2. The van der Waals surface area contributed by atoms with Crippen LogP contribution < -0.4 is 4.74 Å². The summed E-state index contributed by atoms with van der Waals surface area (Å²) in [5.74, 6) is -3.87. The number of nitrogens with zero attached hydrogens (tertiary/aromatic N) is 2. The quantitative estimate of drug-likeness (QED) is 0.215. The summed E-state index contributed by atoms with van der Waals surface area (Å²) in [6.07, 6.45) is 6.91. The fraction of sp³-hybridized carbons (Fsp3) is 0.586. The van der Waals surface area contributed by atoms with Gasteiger partial charge in [-0.25, -0.2) is 0 Å². The van der Waals surface area contributed by atoms with Crippen LogP contribution in [0.5, 0.6) is 5.75 Å². The smallest absolute Gasteiger partial charge is 0.254 e. The number of para-hydroxylation sites is 1. The molecular weight excluding hydrogens is 623 g/mol. The average Bonchev–Trinajstić information content (AvgIpc) is 3.30. The Labute approximate surface area is 251 Å². The van der Waals surface area contributed by atoms with Crippen molar-refractivity contribution in [1.82, 2.24) is 9.80 Å². The van der Waals surface area contributed by atoms with Gasteiger partial charge in [-0.05, 0) is 37.7 Å². The zero-order chi connectivity index (χ0) is 28.4. The summed E-state index contributed by atoms with van der Waals surface area (Å²) >= 11 is 17.8. The Bertz CT molecular complexity index is 1300. The molecule has 1 aromatic rings. The predicted octanol–water partition coefficient (Wildman–Crippen LogP) is 4.10. The number of carbonyl (C=O) groups excluding carboxylic acids is 4. The van der Waals surface area contributed by atoms with Crippen LogP contribution in [0.15, 0.2) is 35.9 Å². The summed E-state index contributed by atoms with van der Waals surface area (Å²) in [4.78, 5) is 54.2. The van der Waals surface area contributed by atoms with Crippen molar-refractivity contribution >= 4 is 62.8 Å². The lowest BCUT2D eigenvalue weighted by molar-refractivity contribution is -0.144. The number of carbonyl (C=O) groups is 4. The Kier molecular flexibility index (Phi) is 7.33. The number of ether oxygens (including phenoxy) is 1. The van der Waals surface area contributed by atoms with Crippen molar-refractivity contribution < 1.29 is 29.0 Å². The fourth-order valence-corrected chi connectivity index (χ4v) is 9.25. The molecule has 2 aliphatic heterocycles. The molecule has 1 aromatic carbocycles. The molecular formula is C29H31BrCl2N2O6. The maximum Gasteiger partial charge on any atom is 0.254 e. The molecule has 0 aromatic heterocycles. The molecule has 214 valence electrons. The zero-order valence-electron chi connectivity index (χ0n) is 21.9. The van der Waals surface area contributed by atoms with Crippen molar-refractivity contribution in [3.63, 3.8) is 0 Å². The minimum atomic E-state index is -1.89. The second-order valence-corrected chi connectivity index (χ2v) is 13.2. The van der Waals surface area contributed by atoms with E-state index in [1.165, 1.54) is 4.90 Å². The Balaban J connectivity index is 1.50. The number of allylic oxidation sites excluding steroid dienone is 2. The van der Waals surface area contributed by atoms with Crippen LogP contribution in [0.3, 0.4) is 0 Å². The highest BCUT2D eigenvalue weighted by molar-refractivity contribution is 9.09. The van der Waals surface area contributed by atoms with Gasteiger partial charge in [0.2, 0.25) is 11.8 Å². The number of halogens is 3. The molecule has 2 heterocycles. The van der Waals surface area contributed by atoms with Gasteiger partial charge in [0.25, 0.3) is 11.8 Å². The predicted molar refractivity (Wildman–Crippen MR) is 151 cm³/mol. The number of hydrogen-bond acceptors (Lipinski definition) is 6. The molecule has 6 rings (SSSR count). The SMILES string of the molecule is O=C1C2CC=C3C(CC4(Cl)C(=O)N(CBr)C(=O)C4(Cl)C3c3ccccc3OCCO)C2C(=O)N1C1CCCCC1. The molecule has 40 heavy (non-hydrogen) atoms. The number of rotatable bonds is 6. The number of alkyl halides is 3. The molecule has 2 saturated carbocycles. The number of fused-ring (bicyclic) bond motifs is 4. The lowest BCUT2D eigenvalue weighted by atomic mass is 9.56. The van der Waals surface area contributed by atoms with E-state index in [1.54, 1.807) is 24.3 Å². The first-order chi connectivity index (χ1) is 19.2. The summed E-state index contributed by atoms with van der Waals surface area (Å²) in [6, 6.07) is 6.94. The van der Waals surface area contributed by atoms with Crippen molar-refractivity contribution in [1.29, 1.82) is 0 Å². The molecule has 8 nitrogen and oxygen atoms in total. The van der Waals surface area contributed by atoms with E-state index in [-0.39, 0.29) is 42.9 Å². The number of benzene rings is 1. The Morgan fingerprint density at radius 3 is 2.42 bits per heavy atom. The summed E-state index contributed by atoms with van der Waals surface area (Å²) in [5, 5.41) is 9.42. The van der Waals surface area contributed by atoms with Gasteiger partial charge in [-0.3, -0.25) is 29.0 Å². The number of hydrogen-bond donors (Lipinski definition) is 1. The second-order valence-electron chi connectivity index (χ2n) is 11.4. The number of aliphatic hydroxyl groups is 1. The van der Waals surface area contributed by atoms with Crippen LogP contribution in [0.25, 0.3) is 0 Å². The molecule has 4 amide bonds. The van der Waals surface area contributed by atoms with Crippen LogP contribution in [0.1, 0.15) is 56.4 Å². The third-order valence-corrected chi connectivity index (χ3v) is 11.5. The van der Waals surface area contributed by atoms with Gasteiger partial charge in [0.1, 0.15) is 12.4 Å². The molecule has 2 saturated heterocycles. The van der Waals surface area contributed by atoms with Gasteiger partial charge in [0, 0.05) is 17.5 Å². The van der Waals surface area contributed by atoms with E-state index < -0.39 is 45.2 Å². The Morgan fingerprint density at radius 2 is 1.73 bits per heavy atom. The van der Waals surface area contributed by atoms with E-state index in [0.29, 0.717) is 17.7 Å². The van der Waals surface area contributed by atoms with Crippen molar-refractivity contribution in [2.45, 2.75) is 66.7 Å². The molecule has 0 bridgehead atoms. The highest BCUT2D eigenvalue weighted by Crippen LogP contribution is 2.66. The molecule has 4 fully saturated rings. The first-order valence-electron chi connectivity index (χ1n) is 13.9. The van der Waals surface area contributed by atoms with E-state index in [9.17, 15) is 24.3 Å². The zero-order valence-corrected chi connectivity index (χ0v) is 25.0. The molecule has 6 unspecified atom stereocenters. The summed E-state index contributed by atoms with van der Waals surface area (Å²) < 4.78 is 5.85. The highest BCUT2D eigenvalue weighted by atomic mass is 79.9. The number of amides is 4. The topological polar surface area (TPSA) is 104 Å². The van der Waals surface area contributed by atoms with Crippen LogP contribution in [0, 0.1) is 17.8 Å². The fourth-order valence-electron chi connectivity index (χ4n) is 7.83. The van der Waals surface area contributed by atoms with E-state index in [0.717, 1.165) is 42.6 Å². The van der Waals surface area contributed by atoms with E-state index in [1.807, 2.05) is 6.08 Å². The molecule has 11 heteroatoms. The second kappa shape index (κ2) is 10.4. The standard InChI is InChI=1S/C29H31BrCl2N2O6/c30-15-33-26(38)28(31)14-20-17(10-11-19-22(20)25(37)34(24(19)36)16-6-2-1-3-7-16)23(29(28,32)27(33)39)18-8-4-5-9-21(18)40-13-12-35/h4-5,8-10,16,19-20,22-23,35H,1-3,6-7,11-15H2. The third kappa shape index (κ3) is 3.80.